The third-order valence-corrected chi connectivity index (χ3v) is 2.54. The quantitative estimate of drug-likeness (QED) is 0.941. The normalized spacial score (nSPS) is 11.7. The number of hydrogen-bond acceptors (Lipinski definition) is 4. The first-order chi connectivity index (χ1) is 9.75. The Labute approximate surface area is 119 Å². The monoisotopic (exact) mass is 297 g/mol. The molecule has 0 amide bonds. The Morgan fingerprint density at radius 3 is 2.48 bits per heavy atom. The molecule has 0 bridgehead atoms. The molecule has 0 spiro atoms. The van der Waals surface area contributed by atoms with Gasteiger partial charge in [0, 0.05) is 5.56 Å². The van der Waals surface area contributed by atoms with Gasteiger partial charge in [0.15, 0.2) is 5.69 Å². The molecule has 2 rings (SSSR count). The summed E-state index contributed by atoms with van der Waals surface area (Å²) in [5, 5.41) is 0. The molecule has 0 aliphatic carbocycles. The van der Waals surface area contributed by atoms with Gasteiger partial charge in [0.05, 0.1) is 11.8 Å². The lowest BCUT2D eigenvalue weighted by Gasteiger charge is -2.12. The summed E-state index contributed by atoms with van der Waals surface area (Å²) in [5.41, 5.74) is 4.87. The van der Waals surface area contributed by atoms with Gasteiger partial charge in [-0.25, -0.2) is 9.97 Å². The summed E-state index contributed by atoms with van der Waals surface area (Å²) in [7, 11) is 0. The number of aromatic nitrogens is 2. The van der Waals surface area contributed by atoms with Gasteiger partial charge in [-0.1, -0.05) is 12.1 Å². The number of anilines is 1. The fourth-order valence-corrected chi connectivity index (χ4v) is 1.76. The first-order valence-corrected chi connectivity index (χ1v) is 6.24. The number of ether oxygens (including phenoxy) is 1. The molecule has 1 aromatic carbocycles. The highest BCUT2D eigenvalue weighted by Gasteiger charge is 2.33. The Kier molecular flexibility index (Phi) is 4.02. The molecular weight excluding hydrogens is 283 g/mol. The van der Waals surface area contributed by atoms with Crippen LogP contribution in [0.15, 0.2) is 30.3 Å². The van der Waals surface area contributed by atoms with Crippen LogP contribution in [0.25, 0.3) is 11.3 Å². The van der Waals surface area contributed by atoms with E-state index in [2.05, 4.69) is 9.97 Å². The smallest absolute Gasteiger partial charge is 0.433 e. The molecule has 0 unspecified atom stereocenters. The summed E-state index contributed by atoms with van der Waals surface area (Å²) in [6, 6.07) is 7.51. The van der Waals surface area contributed by atoms with Gasteiger partial charge in [-0.3, -0.25) is 0 Å². The number of hydrogen-bond donors (Lipinski definition) is 1. The van der Waals surface area contributed by atoms with E-state index in [0.29, 0.717) is 11.3 Å². The second-order valence-electron chi connectivity index (χ2n) is 4.69. The van der Waals surface area contributed by atoms with E-state index in [9.17, 15) is 13.2 Å². The van der Waals surface area contributed by atoms with Crippen molar-refractivity contribution in [2.75, 3.05) is 5.73 Å². The predicted octanol–water partition coefficient (Wildman–Crippen LogP) is 3.53. The third kappa shape index (κ3) is 3.84. The Balaban J connectivity index is 2.44. The van der Waals surface area contributed by atoms with Crippen LogP contribution in [0.3, 0.4) is 0 Å². The molecule has 7 heteroatoms. The Hall–Kier alpha value is -2.31. The molecule has 1 heterocycles. The van der Waals surface area contributed by atoms with Gasteiger partial charge in [-0.2, -0.15) is 13.2 Å². The Morgan fingerprint density at radius 1 is 1.14 bits per heavy atom. The minimum atomic E-state index is -4.57. The lowest BCUT2D eigenvalue weighted by molar-refractivity contribution is -0.141. The molecular formula is C14H14F3N3O. The van der Waals surface area contributed by atoms with Crippen LogP contribution in [-0.4, -0.2) is 16.1 Å². The van der Waals surface area contributed by atoms with Gasteiger partial charge in [0.25, 0.3) is 0 Å². The number of nitrogens with zero attached hydrogens (tertiary/aromatic N) is 2. The molecule has 112 valence electrons. The van der Waals surface area contributed by atoms with Crippen molar-refractivity contribution in [3.63, 3.8) is 0 Å². The number of nitrogen functional groups attached to an aromatic ring is 1. The van der Waals surface area contributed by atoms with Crippen molar-refractivity contribution in [3.05, 3.63) is 36.0 Å². The lowest BCUT2D eigenvalue weighted by atomic mass is 10.1. The molecule has 0 saturated carbocycles. The number of alkyl halides is 3. The summed E-state index contributed by atoms with van der Waals surface area (Å²) in [5.74, 6) is 0.128. The van der Waals surface area contributed by atoms with Crippen molar-refractivity contribution in [3.8, 4) is 17.0 Å². The van der Waals surface area contributed by atoms with E-state index in [4.69, 9.17) is 10.5 Å². The first kappa shape index (κ1) is 15.1. The minimum Gasteiger partial charge on any atom is -0.491 e. The summed E-state index contributed by atoms with van der Waals surface area (Å²) < 4.78 is 43.7. The molecule has 0 saturated heterocycles. The number of nitrogens with two attached hydrogens (primary N) is 1. The van der Waals surface area contributed by atoms with E-state index in [-0.39, 0.29) is 11.8 Å². The highest BCUT2D eigenvalue weighted by molar-refractivity contribution is 5.62. The summed E-state index contributed by atoms with van der Waals surface area (Å²) in [4.78, 5) is 7.06. The molecule has 4 nitrogen and oxygen atoms in total. The van der Waals surface area contributed by atoms with Crippen LogP contribution >= 0.6 is 0 Å². The van der Waals surface area contributed by atoms with E-state index in [0.717, 1.165) is 6.07 Å². The molecule has 21 heavy (non-hydrogen) atoms. The van der Waals surface area contributed by atoms with Crippen molar-refractivity contribution in [2.24, 2.45) is 0 Å². The number of halogens is 3. The number of rotatable bonds is 3. The van der Waals surface area contributed by atoms with Crippen LogP contribution in [0, 0.1) is 0 Å². The second-order valence-corrected chi connectivity index (χ2v) is 4.69. The predicted molar refractivity (Wildman–Crippen MR) is 72.6 cm³/mol. The fourth-order valence-electron chi connectivity index (χ4n) is 1.76. The maximum atomic E-state index is 12.7. The largest absolute Gasteiger partial charge is 0.491 e. The topological polar surface area (TPSA) is 61.0 Å². The van der Waals surface area contributed by atoms with E-state index in [1.165, 1.54) is 0 Å². The SMILES string of the molecule is CC(C)Oc1cccc(-c2cc(C(F)(F)F)nc(N)n2)c1. The summed E-state index contributed by atoms with van der Waals surface area (Å²) in [6.45, 7) is 3.72. The van der Waals surface area contributed by atoms with E-state index >= 15 is 0 Å². The summed E-state index contributed by atoms with van der Waals surface area (Å²) >= 11 is 0. The average Bonchev–Trinajstić information content (AvgIpc) is 2.36. The zero-order chi connectivity index (χ0) is 15.6. The highest BCUT2D eigenvalue weighted by atomic mass is 19.4. The van der Waals surface area contributed by atoms with Crippen molar-refractivity contribution >= 4 is 5.95 Å². The van der Waals surface area contributed by atoms with Crippen LogP contribution in [0.1, 0.15) is 19.5 Å². The third-order valence-electron chi connectivity index (χ3n) is 2.54. The number of benzene rings is 1. The van der Waals surface area contributed by atoms with Crippen molar-refractivity contribution in [2.45, 2.75) is 26.1 Å². The van der Waals surface area contributed by atoms with Crippen LogP contribution < -0.4 is 10.5 Å². The van der Waals surface area contributed by atoms with Gasteiger partial charge < -0.3 is 10.5 Å². The second kappa shape index (κ2) is 5.59. The molecule has 0 aliphatic rings. The zero-order valence-electron chi connectivity index (χ0n) is 11.5. The van der Waals surface area contributed by atoms with Gasteiger partial charge in [0.2, 0.25) is 5.95 Å². The maximum Gasteiger partial charge on any atom is 0.433 e. The Bertz CT molecular complexity index is 642. The Morgan fingerprint density at radius 2 is 1.86 bits per heavy atom. The van der Waals surface area contributed by atoms with Crippen LogP contribution in [0.5, 0.6) is 5.75 Å². The van der Waals surface area contributed by atoms with Gasteiger partial charge in [-0.05, 0) is 32.0 Å². The summed E-state index contributed by atoms with van der Waals surface area (Å²) in [6.07, 6.45) is -4.61. The standard InChI is InChI=1S/C14H14F3N3O/c1-8(2)21-10-5-3-4-9(6-10)11-7-12(14(15,16)17)20-13(18)19-11/h3-8H,1-2H3,(H2,18,19,20). The maximum absolute atomic E-state index is 12.7. The van der Waals surface area contributed by atoms with Crippen molar-refractivity contribution in [1.29, 1.82) is 0 Å². The highest BCUT2D eigenvalue weighted by Crippen LogP contribution is 2.31. The van der Waals surface area contributed by atoms with Gasteiger partial charge in [-0.15, -0.1) is 0 Å². The van der Waals surface area contributed by atoms with E-state index < -0.39 is 17.8 Å². The first-order valence-electron chi connectivity index (χ1n) is 6.24. The van der Waals surface area contributed by atoms with E-state index in [1.807, 2.05) is 13.8 Å². The zero-order valence-corrected chi connectivity index (χ0v) is 11.5. The van der Waals surface area contributed by atoms with Crippen LogP contribution in [0.4, 0.5) is 19.1 Å². The van der Waals surface area contributed by atoms with E-state index in [1.54, 1.807) is 24.3 Å². The lowest BCUT2D eigenvalue weighted by Crippen LogP contribution is -2.11. The van der Waals surface area contributed by atoms with Crippen LogP contribution in [0.2, 0.25) is 0 Å². The molecule has 2 N–H and O–H groups in total. The molecule has 1 aromatic heterocycles. The molecule has 0 aliphatic heterocycles. The van der Waals surface area contributed by atoms with Gasteiger partial charge >= 0.3 is 6.18 Å². The average molecular weight is 297 g/mol. The molecule has 0 fully saturated rings. The molecule has 0 atom stereocenters. The molecule has 2 aromatic rings. The molecule has 0 radical (unpaired) electrons. The van der Waals surface area contributed by atoms with Crippen molar-refractivity contribution in [1.82, 2.24) is 9.97 Å². The van der Waals surface area contributed by atoms with Gasteiger partial charge in [0.1, 0.15) is 5.75 Å². The minimum absolute atomic E-state index is 0.0403. The van der Waals surface area contributed by atoms with Crippen LogP contribution in [-0.2, 0) is 6.18 Å². The van der Waals surface area contributed by atoms with Crippen molar-refractivity contribution < 1.29 is 17.9 Å². The fraction of sp³-hybridized carbons (Fsp3) is 0.286.